The van der Waals surface area contributed by atoms with Gasteiger partial charge in [0.2, 0.25) is 0 Å². The van der Waals surface area contributed by atoms with Crippen molar-refractivity contribution < 1.29 is 19.1 Å². The summed E-state index contributed by atoms with van der Waals surface area (Å²) in [7, 11) is 1.48. The second-order valence-electron chi connectivity index (χ2n) is 6.38. The molecule has 7 heteroatoms. The van der Waals surface area contributed by atoms with E-state index < -0.39 is 18.3 Å². The van der Waals surface area contributed by atoms with Crippen molar-refractivity contribution >= 4 is 12.2 Å². The first-order chi connectivity index (χ1) is 12.4. The number of rotatable bonds is 4. The highest BCUT2D eigenvalue weighted by atomic mass is 16.6. The molecule has 1 unspecified atom stereocenters. The number of carbonyl (C=O) groups excluding carboxylic acids is 2. The third-order valence-corrected chi connectivity index (χ3v) is 4.91. The molecule has 2 amide bonds. The quantitative estimate of drug-likeness (QED) is 0.750. The van der Waals surface area contributed by atoms with Crippen LogP contribution in [0.5, 0.6) is 0 Å². The Labute approximate surface area is 152 Å². The molecule has 3 N–H and O–H groups in total. The predicted molar refractivity (Wildman–Crippen MR) is 96.1 cm³/mol. The number of benzene rings is 1. The number of nitrogens with two attached hydrogens (primary N) is 1. The number of carbonyl (C=O) groups is 2. The summed E-state index contributed by atoms with van der Waals surface area (Å²) >= 11 is 0. The summed E-state index contributed by atoms with van der Waals surface area (Å²) in [6, 6.07) is 8.34. The summed E-state index contributed by atoms with van der Waals surface area (Å²) in [5.41, 5.74) is 11.7. The summed E-state index contributed by atoms with van der Waals surface area (Å²) in [5, 5.41) is 2.43. The van der Waals surface area contributed by atoms with Crippen LogP contribution in [0.15, 0.2) is 24.3 Å². The minimum Gasteiger partial charge on any atom is -0.445 e. The van der Waals surface area contributed by atoms with Crippen LogP contribution in [0.25, 0.3) is 0 Å². The first-order valence-electron chi connectivity index (χ1n) is 8.48. The van der Waals surface area contributed by atoms with Gasteiger partial charge in [-0.15, -0.1) is 0 Å². The van der Waals surface area contributed by atoms with Crippen molar-refractivity contribution in [2.45, 2.75) is 32.9 Å². The van der Waals surface area contributed by atoms with Gasteiger partial charge in [-0.2, -0.15) is 0 Å². The summed E-state index contributed by atoms with van der Waals surface area (Å²) in [6.07, 6.45) is -1.40. The van der Waals surface area contributed by atoms with Gasteiger partial charge in [0, 0.05) is 37.0 Å². The molecule has 0 radical (unpaired) electrons. The second kappa shape index (κ2) is 7.11. The summed E-state index contributed by atoms with van der Waals surface area (Å²) in [4.78, 5) is 22.8. The molecule has 0 saturated carbocycles. The Hall–Kier alpha value is -2.96. The van der Waals surface area contributed by atoms with Crippen LogP contribution in [0.1, 0.15) is 39.7 Å². The standard InChI is InChI=1S/C19H23N3O4/c1-11-15-8-13-6-4-5-7-14(13)9-22(15)12(2)17(11)16(10-25-18(20)23)26-19(24)21-3/h4-7,16H,8-10H2,1-3H3,(H2,20,23)(H,21,24). The van der Waals surface area contributed by atoms with Crippen molar-refractivity contribution in [3.05, 3.63) is 57.9 Å². The monoisotopic (exact) mass is 357 g/mol. The van der Waals surface area contributed by atoms with E-state index in [0.717, 1.165) is 29.8 Å². The van der Waals surface area contributed by atoms with Crippen molar-refractivity contribution in [3.63, 3.8) is 0 Å². The highest BCUT2D eigenvalue weighted by molar-refractivity contribution is 5.67. The Balaban J connectivity index is 1.99. The molecule has 1 aromatic heterocycles. The molecule has 7 nitrogen and oxygen atoms in total. The fraction of sp³-hybridized carbons (Fsp3) is 0.368. The van der Waals surface area contributed by atoms with E-state index in [4.69, 9.17) is 15.2 Å². The maximum atomic E-state index is 11.8. The lowest BCUT2D eigenvalue weighted by molar-refractivity contribution is 0.0467. The molecular weight excluding hydrogens is 334 g/mol. The van der Waals surface area contributed by atoms with Gasteiger partial charge < -0.3 is 25.1 Å². The Morgan fingerprint density at radius 3 is 2.62 bits per heavy atom. The Morgan fingerprint density at radius 1 is 1.27 bits per heavy atom. The molecule has 0 spiro atoms. The second-order valence-corrected chi connectivity index (χ2v) is 6.38. The first-order valence-corrected chi connectivity index (χ1v) is 8.48. The molecule has 1 aliphatic heterocycles. The zero-order valence-corrected chi connectivity index (χ0v) is 15.2. The number of primary amides is 1. The summed E-state index contributed by atoms with van der Waals surface area (Å²) in [5.74, 6) is 0. The highest BCUT2D eigenvalue weighted by Gasteiger charge is 2.29. The van der Waals surface area contributed by atoms with Gasteiger partial charge in [-0.25, -0.2) is 9.59 Å². The van der Waals surface area contributed by atoms with Gasteiger partial charge in [0.05, 0.1) is 0 Å². The SMILES string of the molecule is CNC(=O)OC(COC(N)=O)c1c(C)c2n(c1C)Cc1ccccc1C2. The highest BCUT2D eigenvalue weighted by Crippen LogP contribution is 2.35. The molecule has 1 atom stereocenters. The molecule has 1 aliphatic rings. The molecule has 1 aromatic carbocycles. The number of nitrogens with one attached hydrogen (secondary N) is 1. The van der Waals surface area contributed by atoms with Crippen LogP contribution in [0.2, 0.25) is 0 Å². The number of amides is 2. The Morgan fingerprint density at radius 2 is 1.96 bits per heavy atom. The van der Waals surface area contributed by atoms with E-state index in [1.165, 1.54) is 23.9 Å². The largest absolute Gasteiger partial charge is 0.445 e. The van der Waals surface area contributed by atoms with Crippen LogP contribution in [-0.4, -0.2) is 30.4 Å². The maximum Gasteiger partial charge on any atom is 0.407 e. The fourth-order valence-electron chi connectivity index (χ4n) is 3.65. The number of hydrogen-bond donors (Lipinski definition) is 2. The van der Waals surface area contributed by atoms with E-state index in [1.54, 1.807) is 0 Å². The lowest BCUT2D eigenvalue weighted by Gasteiger charge is -2.21. The van der Waals surface area contributed by atoms with Crippen LogP contribution in [0.4, 0.5) is 9.59 Å². The molecule has 26 heavy (non-hydrogen) atoms. The minimum atomic E-state index is -0.901. The van der Waals surface area contributed by atoms with Gasteiger partial charge in [-0.3, -0.25) is 0 Å². The van der Waals surface area contributed by atoms with Crippen molar-refractivity contribution in [3.8, 4) is 0 Å². The van der Waals surface area contributed by atoms with Crippen molar-refractivity contribution in [1.29, 1.82) is 0 Å². The third-order valence-electron chi connectivity index (χ3n) is 4.91. The molecule has 2 heterocycles. The maximum absolute atomic E-state index is 11.8. The van der Waals surface area contributed by atoms with Gasteiger partial charge >= 0.3 is 12.2 Å². The van der Waals surface area contributed by atoms with Gasteiger partial charge in [-0.1, -0.05) is 24.3 Å². The van der Waals surface area contributed by atoms with Crippen LogP contribution in [-0.2, 0) is 22.4 Å². The average molecular weight is 357 g/mol. The Kier molecular flexibility index (Phi) is 4.88. The van der Waals surface area contributed by atoms with E-state index >= 15 is 0 Å². The number of ether oxygens (including phenoxy) is 2. The lowest BCUT2D eigenvalue weighted by Crippen LogP contribution is -2.26. The van der Waals surface area contributed by atoms with E-state index in [1.807, 2.05) is 26.0 Å². The number of alkyl carbamates (subject to hydrolysis) is 1. The number of nitrogens with zero attached hydrogens (tertiary/aromatic N) is 1. The molecule has 138 valence electrons. The van der Waals surface area contributed by atoms with Gasteiger partial charge in [0.25, 0.3) is 0 Å². The van der Waals surface area contributed by atoms with Crippen LogP contribution in [0, 0.1) is 13.8 Å². The Bertz CT molecular complexity index is 808. The molecule has 0 fully saturated rings. The third kappa shape index (κ3) is 3.24. The predicted octanol–water partition coefficient (Wildman–Crippen LogP) is 2.55. The topological polar surface area (TPSA) is 95.6 Å². The van der Waals surface area contributed by atoms with Crippen LogP contribution >= 0.6 is 0 Å². The zero-order valence-electron chi connectivity index (χ0n) is 15.2. The molecule has 0 aliphatic carbocycles. The minimum absolute atomic E-state index is 0.124. The molecule has 0 saturated heterocycles. The average Bonchev–Trinajstić information content (AvgIpc) is 2.87. The van der Waals surface area contributed by atoms with Crippen molar-refractivity contribution in [1.82, 2.24) is 9.88 Å². The van der Waals surface area contributed by atoms with Crippen LogP contribution < -0.4 is 11.1 Å². The summed E-state index contributed by atoms with van der Waals surface area (Å²) < 4.78 is 12.6. The smallest absolute Gasteiger partial charge is 0.407 e. The molecule has 0 bridgehead atoms. The van der Waals surface area contributed by atoms with E-state index in [2.05, 4.69) is 22.0 Å². The molecular formula is C19H23N3O4. The van der Waals surface area contributed by atoms with Gasteiger partial charge in [-0.05, 0) is 30.5 Å². The van der Waals surface area contributed by atoms with E-state index in [0.29, 0.717) is 0 Å². The lowest BCUT2D eigenvalue weighted by atomic mass is 9.97. The number of aromatic nitrogens is 1. The van der Waals surface area contributed by atoms with Crippen molar-refractivity contribution in [2.75, 3.05) is 13.7 Å². The molecule has 3 rings (SSSR count). The number of fused-ring (bicyclic) bond motifs is 2. The first kappa shape index (κ1) is 17.8. The zero-order chi connectivity index (χ0) is 18.8. The number of hydrogen-bond acceptors (Lipinski definition) is 4. The normalized spacial score (nSPS) is 13.3. The van der Waals surface area contributed by atoms with Crippen LogP contribution in [0.3, 0.4) is 0 Å². The van der Waals surface area contributed by atoms with Crippen molar-refractivity contribution in [2.24, 2.45) is 5.73 Å². The fourth-order valence-corrected chi connectivity index (χ4v) is 3.65. The van der Waals surface area contributed by atoms with E-state index in [-0.39, 0.29) is 6.61 Å². The van der Waals surface area contributed by atoms with Gasteiger partial charge in [0.15, 0.2) is 6.10 Å². The molecule has 2 aromatic rings. The van der Waals surface area contributed by atoms with Gasteiger partial charge in [0.1, 0.15) is 6.61 Å². The van der Waals surface area contributed by atoms with E-state index in [9.17, 15) is 9.59 Å². The summed E-state index contributed by atoms with van der Waals surface area (Å²) in [6.45, 7) is 4.64.